The molecule has 1 aliphatic rings. The van der Waals surface area contributed by atoms with E-state index in [-0.39, 0.29) is 35.1 Å². The number of piperidine rings is 1. The number of rotatable bonds is 4. The largest absolute Gasteiger partial charge is 0.507 e. The standard InChI is InChI=1S/C17H24N2O4/c1-11(2)16(21)18-12-5-4-8-19(10-12)17(22)14-7-6-13(23-3)9-15(14)20/h6-7,9,11-12,20H,4-5,8,10H2,1-3H3,(H,18,21)/t12-/m1/s1. The maximum atomic E-state index is 12.6. The summed E-state index contributed by atoms with van der Waals surface area (Å²) in [5, 5.41) is 13.0. The van der Waals surface area contributed by atoms with Crippen molar-refractivity contribution in [1.29, 1.82) is 0 Å². The summed E-state index contributed by atoms with van der Waals surface area (Å²) in [4.78, 5) is 26.1. The quantitative estimate of drug-likeness (QED) is 0.886. The predicted octanol–water partition coefficient (Wildman–Crippen LogP) is 1.78. The number of likely N-dealkylation sites (tertiary alicyclic amines) is 1. The summed E-state index contributed by atoms with van der Waals surface area (Å²) in [7, 11) is 1.50. The molecule has 6 heteroatoms. The lowest BCUT2D eigenvalue weighted by atomic mass is 10.0. The molecular weight excluding hydrogens is 296 g/mol. The van der Waals surface area contributed by atoms with E-state index < -0.39 is 0 Å². The van der Waals surface area contributed by atoms with Crippen molar-refractivity contribution in [2.45, 2.75) is 32.7 Å². The maximum Gasteiger partial charge on any atom is 0.257 e. The summed E-state index contributed by atoms with van der Waals surface area (Å²) in [6.07, 6.45) is 1.68. The molecule has 1 atom stereocenters. The first-order chi connectivity index (χ1) is 10.9. The molecule has 6 nitrogen and oxygen atoms in total. The first-order valence-electron chi connectivity index (χ1n) is 7.89. The number of aromatic hydroxyl groups is 1. The van der Waals surface area contributed by atoms with Gasteiger partial charge in [-0.3, -0.25) is 9.59 Å². The molecule has 0 bridgehead atoms. The summed E-state index contributed by atoms with van der Waals surface area (Å²) >= 11 is 0. The van der Waals surface area contributed by atoms with Crippen LogP contribution in [0, 0.1) is 5.92 Å². The molecule has 0 saturated carbocycles. The van der Waals surface area contributed by atoms with Crippen LogP contribution in [0.2, 0.25) is 0 Å². The lowest BCUT2D eigenvalue weighted by molar-refractivity contribution is -0.125. The summed E-state index contributed by atoms with van der Waals surface area (Å²) in [5.74, 6) is 0.0967. The second-order valence-corrected chi connectivity index (χ2v) is 6.14. The number of phenolic OH excluding ortho intramolecular Hbond substituents is 1. The number of benzene rings is 1. The van der Waals surface area contributed by atoms with Gasteiger partial charge in [0.05, 0.1) is 12.7 Å². The zero-order chi connectivity index (χ0) is 17.0. The van der Waals surface area contributed by atoms with Gasteiger partial charge < -0.3 is 20.1 Å². The Morgan fingerprint density at radius 2 is 2.13 bits per heavy atom. The van der Waals surface area contributed by atoms with Crippen molar-refractivity contribution in [1.82, 2.24) is 10.2 Å². The van der Waals surface area contributed by atoms with Gasteiger partial charge in [-0.05, 0) is 25.0 Å². The van der Waals surface area contributed by atoms with Crippen molar-refractivity contribution < 1.29 is 19.4 Å². The van der Waals surface area contributed by atoms with Crippen molar-refractivity contribution in [3.63, 3.8) is 0 Å². The van der Waals surface area contributed by atoms with Crippen LogP contribution >= 0.6 is 0 Å². The zero-order valence-corrected chi connectivity index (χ0v) is 13.8. The molecule has 2 amide bonds. The molecule has 1 aromatic rings. The third kappa shape index (κ3) is 4.15. The van der Waals surface area contributed by atoms with E-state index >= 15 is 0 Å². The predicted molar refractivity (Wildman–Crippen MR) is 86.6 cm³/mol. The highest BCUT2D eigenvalue weighted by molar-refractivity contribution is 5.97. The Labute approximate surface area is 136 Å². The third-order valence-corrected chi connectivity index (χ3v) is 4.01. The number of carbonyl (C=O) groups excluding carboxylic acids is 2. The summed E-state index contributed by atoms with van der Waals surface area (Å²) in [5.41, 5.74) is 0.252. The van der Waals surface area contributed by atoms with E-state index in [1.54, 1.807) is 17.0 Å². The maximum absolute atomic E-state index is 12.6. The lowest BCUT2D eigenvalue weighted by Gasteiger charge is -2.33. The minimum atomic E-state index is -0.228. The smallest absolute Gasteiger partial charge is 0.257 e. The molecule has 1 heterocycles. The van der Waals surface area contributed by atoms with E-state index in [9.17, 15) is 14.7 Å². The van der Waals surface area contributed by atoms with Crippen LogP contribution < -0.4 is 10.1 Å². The number of amides is 2. The van der Waals surface area contributed by atoms with Gasteiger partial charge in [0.1, 0.15) is 11.5 Å². The number of ether oxygens (including phenoxy) is 1. The molecule has 0 unspecified atom stereocenters. The van der Waals surface area contributed by atoms with Gasteiger partial charge in [-0.15, -0.1) is 0 Å². The van der Waals surface area contributed by atoms with Crippen molar-refractivity contribution >= 4 is 11.8 Å². The van der Waals surface area contributed by atoms with E-state index in [2.05, 4.69) is 5.32 Å². The SMILES string of the molecule is COc1ccc(C(=O)N2CCC[C@@H](NC(=O)C(C)C)C2)c(O)c1. The average Bonchev–Trinajstić information content (AvgIpc) is 2.54. The Balaban J connectivity index is 2.06. The van der Waals surface area contributed by atoms with Crippen molar-refractivity contribution in [3.8, 4) is 11.5 Å². The van der Waals surface area contributed by atoms with Gasteiger partial charge in [0, 0.05) is 31.1 Å². The number of hydrogen-bond donors (Lipinski definition) is 2. The van der Waals surface area contributed by atoms with Crippen LogP contribution in [-0.4, -0.2) is 48.1 Å². The van der Waals surface area contributed by atoms with E-state index in [0.717, 1.165) is 12.8 Å². The number of nitrogens with zero attached hydrogens (tertiary/aromatic N) is 1. The molecule has 126 valence electrons. The van der Waals surface area contributed by atoms with Crippen LogP contribution in [-0.2, 0) is 4.79 Å². The molecule has 2 rings (SSSR count). The van der Waals surface area contributed by atoms with Crippen molar-refractivity contribution in [3.05, 3.63) is 23.8 Å². The van der Waals surface area contributed by atoms with Gasteiger partial charge in [0.25, 0.3) is 5.91 Å². The summed E-state index contributed by atoms with van der Waals surface area (Å²) in [6.45, 7) is 4.77. The Hall–Kier alpha value is -2.24. The number of hydrogen-bond acceptors (Lipinski definition) is 4. The van der Waals surface area contributed by atoms with Crippen LogP contribution in [0.15, 0.2) is 18.2 Å². The highest BCUT2D eigenvalue weighted by Gasteiger charge is 2.27. The Kier molecular flexibility index (Phi) is 5.47. The van der Waals surface area contributed by atoms with Gasteiger partial charge in [-0.2, -0.15) is 0 Å². The van der Waals surface area contributed by atoms with Gasteiger partial charge in [0.2, 0.25) is 5.91 Å². The molecule has 1 aromatic carbocycles. The molecule has 23 heavy (non-hydrogen) atoms. The average molecular weight is 320 g/mol. The molecule has 1 saturated heterocycles. The zero-order valence-electron chi connectivity index (χ0n) is 13.8. The van der Waals surface area contributed by atoms with Crippen LogP contribution in [0.5, 0.6) is 11.5 Å². The molecule has 0 aromatic heterocycles. The van der Waals surface area contributed by atoms with E-state index in [1.807, 2.05) is 13.8 Å². The van der Waals surface area contributed by atoms with Gasteiger partial charge in [0.15, 0.2) is 0 Å². The second-order valence-electron chi connectivity index (χ2n) is 6.14. The number of nitrogens with one attached hydrogen (secondary N) is 1. The van der Waals surface area contributed by atoms with Crippen LogP contribution in [0.25, 0.3) is 0 Å². The molecule has 1 aliphatic heterocycles. The Morgan fingerprint density at radius 1 is 1.39 bits per heavy atom. The normalized spacial score (nSPS) is 17.9. The van der Waals surface area contributed by atoms with Gasteiger partial charge >= 0.3 is 0 Å². The van der Waals surface area contributed by atoms with E-state index in [4.69, 9.17) is 4.74 Å². The van der Waals surface area contributed by atoms with Crippen LogP contribution in [0.4, 0.5) is 0 Å². The summed E-state index contributed by atoms with van der Waals surface area (Å²) < 4.78 is 5.03. The molecular formula is C17H24N2O4. The highest BCUT2D eigenvalue weighted by atomic mass is 16.5. The first-order valence-corrected chi connectivity index (χ1v) is 7.89. The first kappa shape index (κ1) is 17.1. The molecule has 0 spiro atoms. The minimum Gasteiger partial charge on any atom is -0.507 e. The second kappa shape index (κ2) is 7.35. The van der Waals surface area contributed by atoms with Crippen molar-refractivity contribution in [2.24, 2.45) is 5.92 Å². The van der Waals surface area contributed by atoms with Crippen molar-refractivity contribution in [2.75, 3.05) is 20.2 Å². The van der Waals surface area contributed by atoms with Crippen LogP contribution in [0.3, 0.4) is 0 Å². The minimum absolute atomic E-state index is 0.00315. The van der Waals surface area contributed by atoms with E-state index in [0.29, 0.717) is 18.8 Å². The monoisotopic (exact) mass is 320 g/mol. The highest BCUT2D eigenvalue weighted by Crippen LogP contribution is 2.25. The molecule has 2 N–H and O–H groups in total. The lowest BCUT2D eigenvalue weighted by Crippen LogP contribution is -2.50. The Morgan fingerprint density at radius 3 is 2.74 bits per heavy atom. The molecule has 0 radical (unpaired) electrons. The van der Waals surface area contributed by atoms with Gasteiger partial charge in [-0.1, -0.05) is 13.8 Å². The molecule has 1 fully saturated rings. The third-order valence-electron chi connectivity index (χ3n) is 4.01. The fourth-order valence-electron chi connectivity index (χ4n) is 2.64. The number of carbonyl (C=O) groups is 2. The fraction of sp³-hybridized carbons (Fsp3) is 0.529. The number of methoxy groups -OCH3 is 1. The summed E-state index contributed by atoms with van der Waals surface area (Å²) in [6, 6.07) is 4.60. The Bertz CT molecular complexity index is 586. The van der Waals surface area contributed by atoms with Gasteiger partial charge in [-0.25, -0.2) is 0 Å². The topological polar surface area (TPSA) is 78.9 Å². The fourth-order valence-corrected chi connectivity index (χ4v) is 2.64. The van der Waals surface area contributed by atoms with Crippen LogP contribution in [0.1, 0.15) is 37.0 Å². The molecule has 0 aliphatic carbocycles. The number of phenols is 1. The van der Waals surface area contributed by atoms with E-state index in [1.165, 1.54) is 13.2 Å².